The summed E-state index contributed by atoms with van der Waals surface area (Å²) in [4.78, 5) is 3.81. The fourth-order valence-electron chi connectivity index (χ4n) is 1.76. The van der Waals surface area contributed by atoms with E-state index in [2.05, 4.69) is 26.2 Å². The molecule has 0 spiro atoms. The first-order valence-corrected chi connectivity index (χ1v) is 6.18. The molecule has 0 unspecified atom stereocenters. The molecule has 1 aromatic heterocycles. The van der Waals surface area contributed by atoms with E-state index in [4.69, 9.17) is 4.74 Å². The Morgan fingerprint density at radius 1 is 1.62 bits per heavy atom. The minimum absolute atomic E-state index is 0.268. The van der Waals surface area contributed by atoms with Gasteiger partial charge in [0.2, 0.25) is 0 Å². The van der Waals surface area contributed by atoms with Crippen LogP contribution in [0, 0.1) is 5.82 Å². The fourth-order valence-corrected chi connectivity index (χ4v) is 2.14. The van der Waals surface area contributed by atoms with Gasteiger partial charge in [-0.2, -0.15) is 0 Å². The average Bonchev–Trinajstić information content (AvgIpc) is 2.77. The molecule has 2 rings (SSSR count). The van der Waals surface area contributed by atoms with Gasteiger partial charge in [0.05, 0.1) is 6.10 Å². The Bertz CT molecular complexity index is 356. The lowest BCUT2D eigenvalue weighted by atomic mass is 10.2. The number of hydrogen-bond donors (Lipinski definition) is 1. The van der Waals surface area contributed by atoms with E-state index in [0.29, 0.717) is 12.1 Å². The van der Waals surface area contributed by atoms with Gasteiger partial charge in [-0.15, -0.1) is 0 Å². The zero-order chi connectivity index (χ0) is 11.4. The topological polar surface area (TPSA) is 34.1 Å². The molecule has 1 N–H and O–H groups in total. The quantitative estimate of drug-likeness (QED) is 0.863. The molecule has 16 heavy (non-hydrogen) atoms. The summed E-state index contributed by atoms with van der Waals surface area (Å²) in [6.07, 6.45) is 4.10. The Morgan fingerprint density at radius 3 is 3.25 bits per heavy atom. The van der Waals surface area contributed by atoms with E-state index >= 15 is 0 Å². The van der Waals surface area contributed by atoms with Gasteiger partial charge in [-0.1, -0.05) is 0 Å². The Balaban J connectivity index is 1.82. The summed E-state index contributed by atoms with van der Waals surface area (Å²) in [5, 5.41) is 3.20. The molecule has 0 bridgehead atoms. The molecule has 1 aromatic rings. The van der Waals surface area contributed by atoms with Crippen molar-refractivity contribution < 1.29 is 9.13 Å². The van der Waals surface area contributed by atoms with Crippen LogP contribution in [0.25, 0.3) is 0 Å². The molecule has 1 atom stereocenters. The van der Waals surface area contributed by atoms with Gasteiger partial charge >= 0.3 is 0 Å². The van der Waals surface area contributed by atoms with Crippen LogP contribution in [0.3, 0.4) is 0 Å². The SMILES string of the molecule is Fc1c(CNC[C@H]2CCCO2)ccnc1Br. The predicted octanol–water partition coefficient (Wildman–Crippen LogP) is 2.25. The minimum atomic E-state index is -0.289. The van der Waals surface area contributed by atoms with Crippen LogP contribution in [0.5, 0.6) is 0 Å². The summed E-state index contributed by atoms with van der Waals surface area (Å²) >= 11 is 3.07. The molecule has 88 valence electrons. The van der Waals surface area contributed by atoms with E-state index in [-0.39, 0.29) is 16.5 Å². The molecule has 5 heteroatoms. The lowest BCUT2D eigenvalue weighted by Gasteiger charge is -2.11. The first-order valence-electron chi connectivity index (χ1n) is 5.38. The summed E-state index contributed by atoms with van der Waals surface area (Å²) in [6.45, 7) is 2.13. The first kappa shape index (κ1) is 12.0. The number of nitrogens with zero attached hydrogens (tertiary/aromatic N) is 1. The van der Waals surface area contributed by atoms with Gasteiger partial charge in [0.15, 0.2) is 5.82 Å². The summed E-state index contributed by atoms with van der Waals surface area (Å²) in [5.41, 5.74) is 0.625. The Labute approximate surface area is 103 Å². The number of ether oxygens (including phenoxy) is 1. The van der Waals surface area contributed by atoms with Gasteiger partial charge in [-0.05, 0) is 34.8 Å². The molecule has 0 amide bonds. The first-order chi connectivity index (χ1) is 7.77. The zero-order valence-electron chi connectivity index (χ0n) is 8.88. The van der Waals surface area contributed by atoms with Crippen molar-refractivity contribution in [3.63, 3.8) is 0 Å². The molecule has 1 aliphatic rings. The van der Waals surface area contributed by atoms with Crippen LogP contribution in [0.1, 0.15) is 18.4 Å². The van der Waals surface area contributed by atoms with E-state index in [1.54, 1.807) is 12.3 Å². The van der Waals surface area contributed by atoms with E-state index in [1.165, 1.54) is 0 Å². The van der Waals surface area contributed by atoms with Gasteiger partial charge in [0.25, 0.3) is 0 Å². The second kappa shape index (κ2) is 5.70. The number of rotatable bonds is 4. The minimum Gasteiger partial charge on any atom is -0.377 e. The highest BCUT2D eigenvalue weighted by Gasteiger charge is 2.15. The van der Waals surface area contributed by atoms with Crippen LogP contribution in [0.2, 0.25) is 0 Å². The van der Waals surface area contributed by atoms with Crippen LogP contribution < -0.4 is 5.32 Å². The summed E-state index contributed by atoms with van der Waals surface area (Å²) in [7, 11) is 0. The van der Waals surface area contributed by atoms with Crippen molar-refractivity contribution in [3.05, 3.63) is 28.2 Å². The maximum Gasteiger partial charge on any atom is 0.160 e. The standard InChI is InChI=1S/C11H14BrFN2O/c12-11-10(13)8(3-4-15-11)6-14-7-9-2-1-5-16-9/h3-4,9,14H,1-2,5-7H2/t9-/m1/s1. The van der Waals surface area contributed by atoms with Crippen LogP contribution >= 0.6 is 15.9 Å². The predicted molar refractivity (Wildman–Crippen MR) is 62.6 cm³/mol. The van der Waals surface area contributed by atoms with Crippen molar-refractivity contribution in [2.75, 3.05) is 13.2 Å². The number of pyridine rings is 1. The third-order valence-corrected chi connectivity index (χ3v) is 3.19. The highest BCUT2D eigenvalue weighted by Crippen LogP contribution is 2.16. The Kier molecular flexibility index (Phi) is 4.26. The van der Waals surface area contributed by atoms with Gasteiger partial charge in [-0.25, -0.2) is 9.37 Å². The van der Waals surface area contributed by atoms with Gasteiger partial charge in [0, 0.05) is 31.5 Å². The van der Waals surface area contributed by atoms with Gasteiger partial charge in [-0.3, -0.25) is 0 Å². The largest absolute Gasteiger partial charge is 0.377 e. The molecule has 2 heterocycles. The van der Waals surface area contributed by atoms with E-state index in [1.807, 2.05) is 0 Å². The molecule has 1 saturated heterocycles. The van der Waals surface area contributed by atoms with E-state index < -0.39 is 0 Å². The van der Waals surface area contributed by atoms with Crippen LogP contribution in [0.4, 0.5) is 4.39 Å². The second-order valence-electron chi connectivity index (χ2n) is 3.84. The van der Waals surface area contributed by atoms with Crippen LogP contribution in [-0.4, -0.2) is 24.2 Å². The summed E-state index contributed by atoms with van der Waals surface area (Å²) in [5.74, 6) is -0.289. The lowest BCUT2D eigenvalue weighted by molar-refractivity contribution is 0.110. The Morgan fingerprint density at radius 2 is 2.50 bits per heavy atom. The Hall–Kier alpha value is -0.520. The molecule has 3 nitrogen and oxygen atoms in total. The van der Waals surface area contributed by atoms with Gasteiger partial charge in [0.1, 0.15) is 4.60 Å². The van der Waals surface area contributed by atoms with Gasteiger partial charge < -0.3 is 10.1 Å². The molecular formula is C11H14BrFN2O. The molecule has 1 aliphatic heterocycles. The normalized spacial score (nSPS) is 20.2. The molecule has 1 fully saturated rings. The number of aromatic nitrogens is 1. The number of nitrogens with one attached hydrogen (secondary N) is 1. The highest BCUT2D eigenvalue weighted by molar-refractivity contribution is 9.10. The number of halogens is 2. The lowest BCUT2D eigenvalue weighted by Crippen LogP contribution is -2.26. The van der Waals surface area contributed by atoms with E-state index in [9.17, 15) is 4.39 Å². The maximum atomic E-state index is 13.5. The van der Waals surface area contributed by atoms with Crippen molar-refractivity contribution in [1.29, 1.82) is 0 Å². The maximum absolute atomic E-state index is 13.5. The molecule has 0 aliphatic carbocycles. The third-order valence-electron chi connectivity index (χ3n) is 2.64. The van der Waals surface area contributed by atoms with Crippen molar-refractivity contribution in [3.8, 4) is 0 Å². The van der Waals surface area contributed by atoms with Crippen molar-refractivity contribution >= 4 is 15.9 Å². The smallest absolute Gasteiger partial charge is 0.160 e. The van der Waals surface area contributed by atoms with Crippen LogP contribution in [-0.2, 0) is 11.3 Å². The molecule has 0 saturated carbocycles. The molecular weight excluding hydrogens is 275 g/mol. The monoisotopic (exact) mass is 288 g/mol. The summed E-state index contributed by atoms with van der Waals surface area (Å²) in [6, 6.07) is 1.68. The average molecular weight is 289 g/mol. The third kappa shape index (κ3) is 2.99. The van der Waals surface area contributed by atoms with Crippen molar-refractivity contribution in [1.82, 2.24) is 10.3 Å². The fraction of sp³-hybridized carbons (Fsp3) is 0.545. The highest BCUT2D eigenvalue weighted by atomic mass is 79.9. The molecule has 0 aromatic carbocycles. The molecule has 0 radical (unpaired) electrons. The zero-order valence-corrected chi connectivity index (χ0v) is 10.5. The van der Waals surface area contributed by atoms with E-state index in [0.717, 1.165) is 26.0 Å². The second-order valence-corrected chi connectivity index (χ2v) is 4.59. The van der Waals surface area contributed by atoms with Crippen molar-refractivity contribution in [2.45, 2.75) is 25.5 Å². The van der Waals surface area contributed by atoms with Crippen LogP contribution in [0.15, 0.2) is 16.9 Å². The summed E-state index contributed by atoms with van der Waals surface area (Å²) < 4.78 is 19.3. The number of hydrogen-bond acceptors (Lipinski definition) is 3. The van der Waals surface area contributed by atoms with Crippen molar-refractivity contribution in [2.24, 2.45) is 0 Å².